The Morgan fingerprint density at radius 1 is 1.13 bits per heavy atom. The lowest BCUT2D eigenvalue weighted by atomic mass is 9.93. The minimum Gasteiger partial charge on any atom is -0.501 e. The summed E-state index contributed by atoms with van der Waals surface area (Å²) < 4.78 is 5.27. The van der Waals surface area contributed by atoms with E-state index in [1.54, 1.807) is 0 Å². The van der Waals surface area contributed by atoms with Crippen molar-refractivity contribution in [2.75, 3.05) is 6.61 Å². The van der Waals surface area contributed by atoms with E-state index in [1.165, 1.54) is 11.1 Å². The predicted molar refractivity (Wildman–Crippen MR) is 67.8 cm³/mol. The molecule has 1 nitrogen and oxygen atoms in total. The van der Waals surface area contributed by atoms with E-state index in [2.05, 4.69) is 40.7 Å². The Hall–Kier alpha value is -0.720. The fourth-order valence-corrected chi connectivity index (χ4v) is 1.10. The van der Waals surface area contributed by atoms with Gasteiger partial charge in [0, 0.05) is 0 Å². The zero-order chi connectivity index (χ0) is 11.8. The Bertz CT molecular complexity index is 223. The van der Waals surface area contributed by atoms with E-state index in [-0.39, 0.29) is 0 Å². The summed E-state index contributed by atoms with van der Waals surface area (Å²) in [4.78, 5) is 0. The highest BCUT2D eigenvalue weighted by Gasteiger charge is 2.05. The summed E-state index contributed by atoms with van der Waals surface area (Å²) in [6, 6.07) is 0. The van der Waals surface area contributed by atoms with Gasteiger partial charge >= 0.3 is 0 Å². The molecule has 0 amide bonds. The molecule has 0 saturated heterocycles. The smallest absolute Gasteiger partial charge is 0.0860 e. The number of hydrogen-bond acceptors (Lipinski definition) is 1. The normalized spacial score (nSPS) is 15.7. The van der Waals surface area contributed by atoms with E-state index in [9.17, 15) is 0 Å². The lowest BCUT2D eigenvalue weighted by molar-refractivity contribution is 0.266. The molecule has 0 saturated carbocycles. The molecule has 0 aliphatic rings. The second-order valence-corrected chi connectivity index (χ2v) is 4.60. The summed E-state index contributed by atoms with van der Waals surface area (Å²) in [5.74, 6) is 1.50. The molecule has 88 valence electrons. The van der Waals surface area contributed by atoms with Crippen molar-refractivity contribution in [3.8, 4) is 0 Å². The van der Waals surface area contributed by atoms with E-state index in [0.717, 1.165) is 24.9 Å². The Morgan fingerprint density at radius 2 is 1.73 bits per heavy atom. The zero-order valence-electron chi connectivity index (χ0n) is 11.1. The molecule has 0 aliphatic carbocycles. The lowest BCUT2D eigenvalue weighted by Crippen LogP contribution is -2.02. The third kappa shape index (κ3) is 6.38. The van der Waals surface area contributed by atoms with E-state index < -0.39 is 0 Å². The van der Waals surface area contributed by atoms with E-state index in [4.69, 9.17) is 4.74 Å². The van der Waals surface area contributed by atoms with Gasteiger partial charge in [0.1, 0.15) is 0 Å². The van der Waals surface area contributed by atoms with Gasteiger partial charge in [-0.15, -0.1) is 0 Å². The highest BCUT2D eigenvalue weighted by Crippen LogP contribution is 2.17. The van der Waals surface area contributed by atoms with Gasteiger partial charge in [-0.1, -0.05) is 26.8 Å². The van der Waals surface area contributed by atoms with E-state index in [1.807, 2.05) is 13.2 Å². The van der Waals surface area contributed by atoms with Gasteiger partial charge in [-0.05, 0) is 50.2 Å². The Morgan fingerprint density at radius 3 is 2.20 bits per heavy atom. The molecule has 0 N–H and O–H groups in total. The first-order valence-electron chi connectivity index (χ1n) is 5.94. The van der Waals surface area contributed by atoms with Crippen LogP contribution in [0.2, 0.25) is 0 Å². The van der Waals surface area contributed by atoms with Crippen LogP contribution in [0.5, 0.6) is 0 Å². The minimum absolute atomic E-state index is 0.743. The maximum atomic E-state index is 5.27. The van der Waals surface area contributed by atoms with E-state index in [0.29, 0.717) is 0 Å². The van der Waals surface area contributed by atoms with Gasteiger partial charge < -0.3 is 4.74 Å². The Kier molecular flexibility index (Phi) is 7.19. The summed E-state index contributed by atoms with van der Waals surface area (Å²) in [7, 11) is 0. The van der Waals surface area contributed by atoms with Crippen LogP contribution in [0.25, 0.3) is 0 Å². The van der Waals surface area contributed by atoms with Crippen LogP contribution < -0.4 is 0 Å². The Labute approximate surface area is 95.2 Å². The Balaban J connectivity index is 4.19. The quantitative estimate of drug-likeness (QED) is 0.461. The van der Waals surface area contributed by atoms with Crippen molar-refractivity contribution in [1.29, 1.82) is 0 Å². The molecule has 1 heteroatoms. The summed E-state index contributed by atoms with van der Waals surface area (Å²) in [5, 5.41) is 0. The van der Waals surface area contributed by atoms with Crippen LogP contribution in [-0.2, 0) is 4.74 Å². The number of hydrogen-bond donors (Lipinski definition) is 0. The third-order valence-corrected chi connectivity index (χ3v) is 2.98. The van der Waals surface area contributed by atoms with Crippen LogP contribution in [0.4, 0.5) is 0 Å². The van der Waals surface area contributed by atoms with Gasteiger partial charge in [0.05, 0.1) is 12.9 Å². The molecule has 0 rings (SSSR count). The highest BCUT2D eigenvalue weighted by molar-refractivity contribution is 5.25. The third-order valence-electron chi connectivity index (χ3n) is 2.98. The van der Waals surface area contributed by atoms with Gasteiger partial charge in [-0.2, -0.15) is 0 Å². The average molecular weight is 210 g/mol. The monoisotopic (exact) mass is 210 g/mol. The molecular formula is C14H26O. The maximum Gasteiger partial charge on any atom is 0.0860 e. The highest BCUT2D eigenvalue weighted by atomic mass is 16.5. The summed E-state index contributed by atoms with van der Waals surface area (Å²) in [6.45, 7) is 13.8. The summed E-state index contributed by atoms with van der Waals surface area (Å²) in [6.07, 6.45) is 5.32. The molecular weight excluding hydrogens is 184 g/mol. The van der Waals surface area contributed by atoms with Crippen molar-refractivity contribution in [2.45, 2.75) is 48.0 Å². The fourth-order valence-electron chi connectivity index (χ4n) is 1.10. The molecule has 1 unspecified atom stereocenters. The van der Waals surface area contributed by atoms with Gasteiger partial charge in [-0.3, -0.25) is 0 Å². The molecule has 1 atom stereocenters. The zero-order valence-corrected chi connectivity index (χ0v) is 11.1. The van der Waals surface area contributed by atoms with Gasteiger partial charge in [0.15, 0.2) is 0 Å². The SMILES string of the molecule is CCOC=C(C)C(C)=CCC(C)C(C)C. The molecule has 0 spiro atoms. The first-order valence-corrected chi connectivity index (χ1v) is 5.94. The van der Waals surface area contributed by atoms with Crippen LogP contribution >= 0.6 is 0 Å². The molecule has 0 aliphatic heterocycles. The standard InChI is InChI=1S/C14H26O/c1-7-15-10-14(6)13(5)9-8-12(4)11(2)3/h9-12H,7-8H2,1-6H3. The summed E-state index contributed by atoms with van der Waals surface area (Å²) in [5.41, 5.74) is 2.56. The van der Waals surface area contributed by atoms with Crippen molar-refractivity contribution < 1.29 is 4.74 Å². The number of rotatable bonds is 6. The number of ether oxygens (including phenoxy) is 1. The van der Waals surface area contributed by atoms with Crippen LogP contribution in [0.3, 0.4) is 0 Å². The molecule has 0 aromatic carbocycles. The summed E-state index contributed by atoms with van der Waals surface area (Å²) >= 11 is 0. The van der Waals surface area contributed by atoms with Gasteiger partial charge in [0.25, 0.3) is 0 Å². The second kappa shape index (κ2) is 7.56. The van der Waals surface area contributed by atoms with Crippen molar-refractivity contribution in [3.05, 3.63) is 23.5 Å². The van der Waals surface area contributed by atoms with Gasteiger partial charge in [-0.25, -0.2) is 0 Å². The van der Waals surface area contributed by atoms with Gasteiger partial charge in [0.2, 0.25) is 0 Å². The first kappa shape index (κ1) is 14.3. The largest absolute Gasteiger partial charge is 0.501 e. The van der Waals surface area contributed by atoms with Crippen LogP contribution in [0, 0.1) is 11.8 Å². The lowest BCUT2D eigenvalue weighted by Gasteiger charge is -2.13. The molecule has 0 aromatic heterocycles. The van der Waals surface area contributed by atoms with Crippen LogP contribution in [0.15, 0.2) is 23.5 Å². The predicted octanol–water partition coefficient (Wildman–Crippen LogP) is 4.56. The molecule has 15 heavy (non-hydrogen) atoms. The molecule has 0 aromatic rings. The maximum absolute atomic E-state index is 5.27. The van der Waals surface area contributed by atoms with Crippen molar-refractivity contribution in [1.82, 2.24) is 0 Å². The first-order chi connectivity index (χ1) is 6.99. The van der Waals surface area contributed by atoms with Crippen molar-refractivity contribution in [2.24, 2.45) is 11.8 Å². The molecule has 0 bridgehead atoms. The molecule has 0 fully saturated rings. The average Bonchev–Trinajstić information content (AvgIpc) is 2.21. The van der Waals surface area contributed by atoms with Crippen molar-refractivity contribution in [3.63, 3.8) is 0 Å². The van der Waals surface area contributed by atoms with Crippen LogP contribution in [-0.4, -0.2) is 6.61 Å². The molecule has 0 heterocycles. The van der Waals surface area contributed by atoms with Crippen molar-refractivity contribution >= 4 is 0 Å². The molecule has 0 radical (unpaired) electrons. The minimum atomic E-state index is 0.743. The topological polar surface area (TPSA) is 9.23 Å². The van der Waals surface area contributed by atoms with Crippen LogP contribution in [0.1, 0.15) is 48.0 Å². The fraction of sp³-hybridized carbons (Fsp3) is 0.714. The second-order valence-electron chi connectivity index (χ2n) is 4.60. The van der Waals surface area contributed by atoms with E-state index >= 15 is 0 Å². The number of allylic oxidation sites excluding steroid dienone is 3.